The summed E-state index contributed by atoms with van der Waals surface area (Å²) in [5.41, 5.74) is 5.64. The maximum atomic E-state index is 12.9. The third-order valence-electron chi connectivity index (χ3n) is 10.4. The van der Waals surface area contributed by atoms with Crippen molar-refractivity contribution < 1.29 is 52.7 Å². The van der Waals surface area contributed by atoms with Crippen molar-refractivity contribution in [2.24, 2.45) is 0 Å². The van der Waals surface area contributed by atoms with E-state index in [4.69, 9.17) is 46.4 Å². The Hall–Kier alpha value is -5.14. The van der Waals surface area contributed by atoms with Crippen molar-refractivity contribution >= 4 is 46.4 Å². The molecule has 0 nitrogen and oxygen atoms in total. The molecule has 390 valence electrons. The average Bonchev–Trinajstić information content (AvgIpc) is 3.33. The van der Waals surface area contributed by atoms with Crippen LogP contribution in [-0.4, -0.2) is 0 Å². The molecule has 72 heavy (non-hydrogen) atoms. The Balaban J connectivity index is 0.000000421. The first-order valence-electron chi connectivity index (χ1n) is 21.5. The second-order valence-corrected chi connectivity index (χ2v) is 18.1. The minimum absolute atomic E-state index is 0.00361. The largest absolute Gasteiger partial charge is 0.207 e. The van der Waals surface area contributed by atoms with Crippen LogP contribution in [0.4, 0.5) is 52.7 Å². The normalized spacial score (nSPS) is 10.1. The van der Waals surface area contributed by atoms with Gasteiger partial charge in [-0.1, -0.05) is 82.8 Å². The lowest BCUT2D eigenvalue weighted by Crippen LogP contribution is -2.02. The summed E-state index contributed by atoms with van der Waals surface area (Å²) in [6, 6.07) is 19.8. The fourth-order valence-corrected chi connectivity index (χ4v) is 6.20. The van der Waals surface area contributed by atoms with E-state index < -0.39 is 63.5 Å². The first-order chi connectivity index (χ1) is 33.2. The maximum Gasteiger partial charge on any atom is 0.165 e. The Bertz CT molecular complexity index is 2640. The second-order valence-electron chi connectivity index (χ2n) is 16.5. The highest BCUT2D eigenvalue weighted by molar-refractivity contribution is 6.42. The van der Waals surface area contributed by atoms with Crippen LogP contribution in [0.25, 0.3) is 0 Å². The van der Waals surface area contributed by atoms with E-state index >= 15 is 0 Å². The first kappa shape index (κ1) is 64.9. The number of hydrogen-bond acceptors (Lipinski definition) is 0. The molecule has 0 fully saturated rings. The minimum Gasteiger partial charge on any atom is -0.207 e. The molecule has 0 aliphatic carbocycles. The molecule has 0 amide bonds. The van der Waals surface area contributed by atoms with Crippen LogP contribution in [0.15, 0.2) is 72.8 Å². The molecule has 0 saturated heterocycles. The van der Waals surface area contributed by atoms with Crippen molar-refractivity contribution in [2.45, 2.75) is 96.9 Å². The Morgan fingerprint density at radius 1 is 0.236 bits per heavy atom. The van der Waals surface area contributed by atoms with E-state index in [0.717, 1.165) is 47.2 Å². The van der Waals surface area contributed by atoms with Crippen molar-refractivity contribution in [1.82, 2.24) is 0 Å². The summed E-state index contributed by atoms with van der Waals surface area (Å²) in [4.78, 5) is 0. The van der Waals surface area contributed by atoms with E-state index in [-0.39, 0.29) is 39.2 Å². The SMILES string of the molecule is Cc1c(F)c(F)c(C)c(F)c1F.Cc1cc(F)c(C)c(F)c1Cl.Cc1cc(F)c(C)c(F)c1F.Cc1cc(F)c(C)cc1F.Cc1ccc(C)c(Cl)c1.Cc1ccc(C)c(Cl)c1Cl.Cc1ccc(C)c(F)c1. The fraction of sp³-hybridized carbons (Fsp3) is 0.250. The van der Waals surface area contributed by atoms with Gasteiger partial charge in [0.2, 0.25) is 0 Å². The van der Waals surface area contributed by atoms with Crippen LogP contribution in [0.2, 0.25) is 20.1 Å². The monoisotopic (exact) mass is 1090 g/mol. The molecule has 0 N–H and O–H groups in total. The number of hydrogen-bond donors (Lipinski definition) is 0. The molecule has 0 aliphatic rings. The zero-order valence-electron chi connectivity index (χ0n) is 42.0. The van der Waals surface area contributed by atoms with E-state index in [1.807, 2.05) is 65.0 Å². The molecule has 16 heteroatoms. The van der Waals surface area contributed by atoms with Gasteiger partial charge in [0.25, 0.3) is 0 Å². The number of benzene rings is 7. The van der Waals surface area contributed by atoms with E-state index in [2.05, 4.69) is 6.07 Å². The summed E-state index contributed by atoms with van der Waals surface area (Å²) < 4.78 is 152. The molecule has 0 heterocycles. The van der Waals surface area contributed by atoms with Gasteiger partial charge in [-0.25, -0.2) is 52.7 Å². The molecule has 0 radical (unpaired) electrons. The van der Waals surface area contributed by atoms with Gasteiger partial charge in [-0.05, 0) is 189 Å². The van der Waals surface area contributed by atoms with Crippen LogP contribution in [0, 0.1) is 167 Å². The minimum atomic E-state index is -1.33. The van der Waals surface area contributed by atoms with Gasteiger partial charge in [0.05, 0.1) is 15.1 Å². The number of aryl methyl sites for hydroxylation is 10. The Morgan fingerprint density at radius 2 is 0.542 bits per heavy atom. The van der Waals surface area contributed by atoms with Gasteiger partial charge in [0.15, 0.2) is 34.9 Å². The van der Waals surface area contributed by atoms with Gasteiger partial charge >= 0.3 is 0 Å². The standard InChI is InChI=1S/C8H8Cl2.C8H7ClF2.C8H9Cl.C8H6F4.C8H7F3.C8H8F2.C8H9F/c1-5-3-4-6(2)8(10)7(5)9;1-4-3-6(10)5(2)8(11)7(4)9;1-6-3-4-7(2)8(9)5-6;1-3-5(9)7(11)4(2)8(12)6(3)10;1-4-3-6(9)5(2)8(11)7(4)10;1-5-3-8(10)6(2)4-7(5)9;1-6-3-4-7(2)8(9)5-6/h3-4H,1-2H3;3H,1-2H3;3-5H,1-2H3;1-2H3;3H,1-2H3;3-4H,1-2H3;3-5H,1-2H3. The second kappa shape index (κ2) is 29.5. The van der Waals surface area contributed by atoms with Crippen LogP contribution in [0.1, 0.15) is 77.9 Å². The third kappa shape index (κ3) is 19.0. The lowest BCUT2D eigenvalue weighted by Gasteiger charge is -2.04. The molecule has 0 aliphatic heterocycles. The zero-order valence-corrected chi connectivity index (χ0v) is 45.0. The summed E-state index contributed by atoms with van der Waals surface area (Å²) in [6.07, 6.45) is 0. The van der Waals surface area contributed by atoms with Gasteiger partial charge in [-0.15, -0.1) is 0 Å². The van der Waals surface area contributed by atoms with E-state index in [0.29, 0.717) is 32.3 Å². The Morgan fingerprint density at radius 3 is 0.903 bits per heavy atom. The van der Waals surface area contributed by atoms with Gasteiger partial charge in [-0.3, -0.25) is 0 Å². The summed E-state index contributed by atoms with van der Waals surface area (Å²) in [6.45, 7) is 22.0. The average molecular weight is 1100 g/mol. The van der Waals surface area contributed by atoms with E-state index in [1.54, 1.807) is 19.9 Å². The van der Waals surface area contributed by atoms with Gasteiger partial charge in [-0.2, -0.15) is 0 Å². The highest BCUT2D eigenvalue weighted by atomic mass is 35.5. The number of halogens is 16. The highest BCUT2D eigenvalue weighted by Crippen LogP contribution is 2.28. The Kier molecular flexibility index (Phi) is 26.6. The van der Waals surface area contributed by atoms with Crippen molar-refractivity contribution in [3.8, 4) is 0 Å². The van der Waals surface area contributed by atoms with Crippen molar-refractivity contribution in [1.29, 1.82) is 0 Å². The van der Waals surface area contributed by atoms with Crippen LogP contribution in [0.3, 0.4) is 0 Å². The fourth-order valence-electron chi connectivity index (χ4n) is 5.34. The summed E-state index contributed by atoms with van der Waals surface area (Å²) >= 11 is 23.0. The highest BCUT2D eigenvalue weighted by Gasteiger charge is 2.20. The van der Waals surface area contributed by atoms with Gasteiger partial charge in [0, 0.05) is 27.3 Å². The molecule has 7 rings (SSSR count). The summed E-state index contributed by atoms with van der Waals surface area (Å²) in [5.74, 6) is -10.1. The molecular formula is C56H54Cl4F12. The van der Waals surface area contributed by atoms with Gasteiger partial charge in [0.1, 0.15) is 34.9 Å². The summed E-state index contributed by atoms with van der Waals surface area (Å²) in [5, 5.41) is 2.20. The molecule has 7 aromatic carbocycles. The smallest absolute Gasteiger partial charge is 0.165 e. The van der Waals surface area contributed by atoms with E-state index in [9.17, 15) is 52.7 Å². The zero-order chi connectivity index (χ0) is 55.8. The number of rotatable bonds is 0. The lowest BCUT2D eigenvalue weighted by molar-refractivity contribution is 0.436. The summed E-state index contributed by atoms with van der Waals surface area (Å²) in [7, 11) is 0. The lowest BCUT2D eigenvalue weighted by atomic mass is 10.1. The molecule has 0 saturated carbocycles. The van der Waals surface area contributed by atoms with Gasteiger partial charge < -0.3 is 0 Å². The van der Waals surface area contributed by atoms with Crippen LogP contribution >= 0.6 is 46.4 Å². The molecule has 0 spiro atoms. The van der Waals surface area contributed by atoms with E-state index in [1.165, 1.54) is 64.4 Å². The predicted octanol–water partition coefficient (Wildman–Crippen LogP) is 20.4. The maximum absolute atomic E-state index is 12.9. The topological polar surface area (TPSA) is 0 Å². The third-order valence-corrected chi connectivity index (χ3v) is 12.3. The molecular weight excluding hydrogens is 1040 g/mol. The quantitative estimate of drug-likeness (QED) is 0.105. The Labute approximate surface area is 434 Å². The molecule has 0 aromatic heterocycles. The first-order valence-corrected chi connectivity index (χ1v) is 23.0. The van der Waals surface area contributed by atoms with Crippen molar-refractivity contribution in [3.63, 3.8) is 0 Å². The molecule has 0 bridgehead atoms. The molecule has 0 atom stereocenters. The van der Waals surface area contributed by atoms with Crippen molar-refractivity contribution in [2.75, 3.05) is 0 Å². The molecule has 0 unspecified atom stereocenters. The van der Waals surface area contributed by atoms with Crippen LogP contribution in [-0.2, 0) is 0 Å². The van der Waals surface area contributed by atoms with Crippen LogP contribution < -0.4 is 0 Å². The van der Waals surface area contributed by atoms with Crippen LogP contribution in [0.5, 0.6) is 0 Å². The molecule has 7 aromatic rings. The predicted molar refractivity (Wildman–Crippen MR) is 271 cm³/mol. The van der Waals surface area contributed by atoms with Crippen molar-refractivity contribution in [3.05, 3.63) is 241 Å².